The van der Waals surface area contributed by atoms with Gasteiger partial charge in [-0.05, 0) is 36.4 Å². The van der Waals surface area contributed by atoms with E-state index < -0.39 is 0 Å². The van der Waals surface area contributed by atoms with E-state index in [2.05, 4.69) is 26.1 Å². The number of amides is 1. The standard InChI is InChI=1S/C17H14BrN3O2S/c1-21(14-5-3-2-4-6-14)15(22)11-24-17-20-19-16(23-17)12-7-9-13(18)10-8-12/h2-10H,11H2,1H3. The van der Waals surface area contributed by atoms with Crippen molar-refractivity contribution in [2.45, 2.75) is 5.22 Å². The molecule has 0 atom stereocenters. The third-order valence-corrected chi connectivity index (χ3v) is 4.67. The number of hydrogen-bond acceptors (Lipinski definition) is 5. The quantitative estimate of drug-likeness (QED) is 0.595. The minimum Gasteiger partial charge on any atom is -0.411 e. The average Bonchev–Trinajstić information content (AvgIpc) is 3.09. The molecule has 3 rings (SSSR count). The molecule has 0 N–H and O–H groups in total. The topological polar surface area (TPSA) is 59.2 Å². The van der Waals surface area contributed by atoms with Gasteiger partial charge in [-0.15, -0.1) is 10.2 Å². The van der Waals surface area contributed by atoms with Gasteiger partial charge in [0, 0.05) is 22.8 Å². The number of carbonyl (C=O) groups is 1. The van der Waals surface area contributed by atoms with Crippen molar-refractivity contribution in [3.05, 3.63) is 59.1 Å². The largest absolute Gasteiger partial charge is 0.411 e. The van der Waals surface area contributed by atoms with Gasteiger partial charge in [0.15, 0.2) is 0 Å². The molecule has 1 aromatic heterocycles. The maximum Gasteiger partial charge on any atom is 0.277 e. The van der Waals surface area contributed by atoms with E-state index >= 15 is 0 Å². The van der Waals surface area contributed by atoms with Crippen LogP contribution in [0.1, 0.15) is 0 Å². The van der Waals surface area contributed by atoms with Crippen molar-refractivity contribution >= 4 is 39.3 Å². The van der Waals surface area contributed by atoms with Gasteiger partial charge in [0.2, 0.25) is 11.8 Å². The summed E-state index contributed by atoms with van der Waals surface area (Å²) in [6.45, 7) is 0. The predicted molar refractivity (Wildman–Crippen MR) is 98.0 cm³/mol. The minimum atomic E-state index is -0.0328. The fraction of sp³-hybridized carbons (Fsp3) is 0.118. The first-order valence-corrected chi connectivity index (χ1v) is 8.95. The Bertz CT molecular complexity index is 821. The van der Waals surface area contributed by atoms with Gasteiger partial charge in [-0.25, -0.2) is 0 Å². The summed E-state index contributed by atoms with van der Waals surface area (Å²) in [6, 6.07) is 17.1. The Morgan fingerprint density at radius 3 is 2.54 bits per heavy atom. The highest BCUT2D eigenvalue weighted by atomic mass is 79.9. The van der Waals surface area contributed by atoms with Crippen LogP contribution in [0.3, 0.4) is 0 Å². The molecule has 0 unspecified atom stereocenters. The molecule has 7 heteroatoms. The third-order valence-electron chi connectivity index (χ3n) is 3.33. The Morgan fingerprint density at radius 2 is 1.83 bits per heavy atom. The Kier molecular flexibility index (Phi) is 5.32. The number of thioether (sulfide) groups is 1. The normalized spacial score (nSPS) is 10.6. The number of rotatable bonds is 5. The Balaban J connectivity index is 1.61. The van der Waals surface area contributed by atoms with Crippen LogP contribution in [0.15, 0.2) is 68.7 Å². The van der Waals surface area contributed by atoms with Gasteiger partial charge in [0.1, 0.15) is 0 Å². The van der Waals surface area contributed by atoms with Crippen molar-refractivity contribution in [3.63, 3.8) is 0 Å². The molecule has 0 aliphatic heterocycles. The number of nitrogens with zero attached hydrogens (tertiary/aromatic N) is 3. The maximum absolute atomic E-state index is 12.2. The van der Waals surface area contributed by atoms with Crippen molar-refractivity contribution in [1.29, 1.82) is 0 Å². The lowest BCUT2D eigenvalue weighted by Crippen LogP contribution is -2.27. The SMILES string of the molecule is CN(C(=O)CSc1nnc(-c2ccc(Br)cc2)o1)c1ccccc1. The van der Waals surface area contributed by atoms with Crippen LogP contribution in [-0.2, 0) is 4.79 Å². The van der Waals surface area contributed by atoms with E-state index in [1.807, 2.05) is 54.6 Å². The number of aromatic nitrogens is 2. The fourth-order valence-corrected chi connectivity index (χ4v) is 2.93. The molecule has 0 fully saturated rings. The van der Waals surface area contributed by atoms with Crippen LogP contribution < -0.4 is 4.90 Å². The van der Waals surface area contributed by atoms with Crippen molar-refractivity contribution in [1.82, 2.24) is 10.2 Å². The van der Waals surface area contributed by atoms with Gasteiger partial charge in [0.05, 0.1) is 5.75 Å². The molecule has 122 valence electrons. The highest BCUT2D eigenvalue weighted by Gasteiger charge is 2.14. The van der Waals surface area contributed by atoms with E-state index in [1.165, 1.54) is 11.8 Å². The van der Waals surface area contributed by atoms with Gasteiger partial charge in [0.25, 0.3) is 5.22 Å². The summed E-state index contributed by atoms with van der Waals surface area (Å²) in [5, 5.41) is 8.38. The van der Waals surface area contributed by atoms with Gasteiger partial charge < -0.3 is 9.32 Å². The van der Waals surface area contributed by atoms with Gasteiger partial charge in [-0.2, -0.15) is 0 Å². The molecule has 24 heavy (non-hydrogen) atoms. The molecule has 0 bridgehead atoms. The number of carbonyl (C=O) groups excluding carboxylic acids is 1. The van der Waals surface area contributed by atoms with Gasteiger partial charge in [-0.3, -0.25) is 4.79 Å². The molecule has 0 saturated carbocycles. The maximum atomic E-state index is 12.2. The molecule has 1 heterocycles. The zero-order valence-corrected chi connectivity index (χ0v) is 15.3. The van der Waals surface area contributed by atoms with Crippen molar-refractivity contribution < 1.29 is 9.21 Å². The highest BCUT2D eigenvalue weighted by Crippen LogP contribution is 2.25. The van der Waals surface area contributed by atoms with E-state index in [9.17, 15) is 4.79 Å². The average molecular weight is 404 g/mol. The minimum absolute atomic E-state index is 0.0328. The summed E-state index contributed by atoms with van der Waals surface area (Å²) in [7, 11) is 1.75. The lowest BCUT2D eigenvalue weighted by atomic mass is 10.2. The lowest BCUT2D eigenvalue weighted by Gasteiger charge is -2.16. The van der Waals surface area contributed by atoms with Crippen LogP contribution in [0.5, 0.6) is 0 Å². The molecule has 0 aliphatic rings. The third kappa shape index (κ3) is 4.04. The van der Waals surface area contributed by atoms with Crippen LogP contribution in [0, 0.1) is 0 Å². The highest BCUT2D eigenvalue weighted by molar-refractivity contribution is 9.10. The summed E-state index contributed by atoms with van der Waals surface area (Å²) in [5.74, 6) is 0.636. The molecule has 0 spiro atoms. The molecule has 5 nitrogen and oxygen atoms in total. The Hall–Kier alpha value is -2.12. The molecule has 2 aromatic carbocycles. The fourth-order valence-electron chi connectivity index (χ4n) is 1.99. The van der Waals surface area contributed by atoms with Crippen molar-refractivity contribution in [2.75, 3.05) is 17.7 Å². The number of anilines is 1. The predicted octanol–water partition coefficient (Wildman–Crippen LogP) is 4.25. The first kappa shape index (κ1) is 16.7. The zero-order valence-electron chi connectivity index (χ0n) is 12.8. The van der Waals surface area contributed by atoms with E-state index in [-0.39, 0.29) is 11.7 Å². The van der Waals surface area contributed by atoms with Crippen molar-refractivity contribution in [2.24, 2.45) is 0 Å². The second-order valence-electron chi connectivity index (χ2n) is 4.96. The van der Waals surface area contributed by atoms with Crippen LogP contribution >= 0.6 is 27.7 Å². The number of halogens is 1. The summed E-state index contributed by atoms with van der Waals surface area (Å²) in [4.78, 5) is 13.9. The summed E-state index contributed by atoms with van der Waals surface area (Å²) < 4.78 is 6.58. The first-order valence-electron chi connectivity index (χ1n) is 7.17. The van der Waals surface area contributed by atoms with Gasteiger partial charge >= 0.3 is 0 Å². The van der Waals surface area contributed by atoms with E-state index in [1.54, 1.807) is 11.9 Å². The van der Waals surface area contributed by atoms with Crippen LogP contribution in [0.25, 0.3) is 11.5 Å². The molecule has 1 amide bonds. The van der Waals surface area contributed by atoms with Crippen LogP contribution in [0.4, 0.5) is 5.69 Å². The van der Waals surface area contributed by atoms with Crippen LogP contribution in [-0.4, -0.2) is 28.9 Å². The smallest absolute Gasteiger partial charge is 0.277 e. The summed E-state index contributed by atoms with van der Waals surface area (Å²) in [5.41, 5.74) is 1.69. The first-order chi connectivity index (χ1) is 11.6. The molecular formula is C17H14BrN3O2S. The van der Waals surface area contributed by atoms with E-state index in [4.69, 9.17) is 4.42 Å². The molecule has 3 aromatic rings. The number of para-hydroxylation sites is 1. The molecule has 0 radical (unpaired) electrons. The number of benzene rings is 2. The zero-order chi connectivity index (χ0) is 16.9. The van der Waals surface area contributed by atoms with Crippen molar-refractivity contribution in [3.8, 4) is 11.5 Å². The second-order valence-corrected chi connectivity index (χ2v) is 6.80. The second kappa shape index (κ2) is 7.63. The van der Waals surface area contributed by atoms with Crippen LogP contribution in [0.2, 0.25) is 0 Å². The number of hydrogen-bond donors (Lipinski definition) is 0. The van der Waals surface area contributed by atoms with E-state index in [0.29, 0.717) is 11.1 Å². The van der Waals surface area contributed by atoms with E-state index in [0.717, 1.165) is 15.7 Å². The lowest BCUT2D eigenvalue weighted by molar-refractivity contribution is -0.115. The Labute approximate surface area is 152 Å². The molecule has 0 saturated heterocycles. The summed E-state index contributed by atoms with van der Waals surface area (Å²) in [6.07, 6.45) is 0. The Morgan fingerprint density at radius 1 is 1.12 bits per heavy atom. The monoisotopic (exact) mass is 403 g/mol. The molecule has 0 aliphatic carbocycles. The summed E-state index contributed by atoms with van der Waals surface area (Å²) >= 11 is 4.61. The van der Waals surface area contributed by atoms with Gasteiger partial charge in [-0.1, -0.05) is 45.9 Å². The molecular weight excluding hydrogens is 390 g/mol.